The maximum Gasteiger partial charge on any atom is 0.180 e. The SMILES string of the molecule is c1ccc(-c2cccc(-c3nc(-c4cccc(-c5cccc(-c6nc(-c7cccc(-c8ccccc8)c7)c7oc8ccccc8c7n6)c5)c4)nc4c3oc3ccccc34)c2)cc1. The van der Waals surface area contributed by atoms with Crippen LogP contribution in [0.1, 0.15) is 0 Å². The summed E-state index contributed by atoms with van der Waals surface area (Å²) in [5.74, 6) is 1.23. The van der Waals surface area contributed by atoms with Crippen molar-refractivity contribution in [3.63, 3.8) is 0 Å². The molecule has 4 aromatic heterocycles. The van der Waals surface area contributed by atoms with E-state index >= 15 is 0 Å². The highest BCUT2D eigenvalue weighted by atomic mass is 16.3. The molecule has 0 N–H and O–H groups in total. The van der Waals surface area contributed by atoms with Crippen LogP contribution in [0.2, 0.25) is 0 Å². The first kappa shape index (κ1) is 35.5. The number of rotatable bonds is 7. The van der Waals surface area contributed by atoms with E-state index in [1.165, 1.54) is 0 Å². The number of hydrogen-bond donors (Lipinski definition) is 0. The fourth-order valence-corrected chi connectivity index (χ4v) is 8.46. The van der Waals surface area contributed by atoms with E-state index < -0.39 is 0 Å². The van der Waals surface area contributed by atoms with Crippen molar-refractivity contribution in [3.05, 3.63) is 206 Å². The molecule has 0 aliphatic carbocycles. The maximum atomic E-state index is 6.49. The molecular weight excluding hydrogens is 761 g/mol. The summed E-state index contributed by atoms with van der Waals surface area (Å²) in [6.45, 7) is 0. The standard InChI is InChI=1S/C56H34N4O2/c1-3-15-35(16-4-1)37-19-11-23-41(31-37)49-53-51(45-27-7-9-29-47(45)61-53)59-55(57-49)43-25-13-21-39(33-43)40-22-14-26-44(34-40)56-58-50(54-52(60-56)46-28-8-10-30-48(46)62-54)42-24-12-20-38(32-42)36-17-5-2-6-18-36/h1-34H. The third kappa shape index (κ3) is 6.21. The molecule has 4 heterocycles. The van der Waals surface area contributed by atoms with Gasteiger partial charge in [-0.05, 0) is 81.9 Å². The molecule has 0 aliphatic heterocycles. The molecule has 0 radical (unpaired) electrons. The Morgan fingerprint density at radius 2 is 0.581 bits per heavy atom. The summed E-state index contributed by atoms with van der Waals surface area (Å²) in [5, 5.41) is 1.90. The summed E-state index contributed by atoms with van der Waals surface area (Å²) < 4.78 is 13.0. The van der Waals surface area contributed by atoms with Crippen LogP contribution in [-0.4, -0.2) is 19.9 Å². The average Bonchev–Trinajstić information content (AvgIpc) is 3.93. The first-order valence-electron chi connectivity index (χ1n) is 20.6. The van der Waals surface area contributed by atoms with Crippen molar-refractivity contribution in [3.8, 4) is 78.7 Å². The van der Waals surface area contributed by atoms with Crippen molar-refractivity contribution in [2.75, 3.05) is 0 Å². The molecule has 0 spiro atoms. The summed E-state index contributed by atoms with van der Waals surface area (Å²) in [6, 6.07) is 70.6. The van der Waals surface area contributed by atoms with E-state index in [0.717, 1.165) is 100.0 Å². The maximum absolute atomic E-state index is 6.49. The van der Waals surface area contributed by atoms with Crippen molar-refractivity contribution in [2.45, 2.75) is 0 Å². The lowest BCUT2D eigenvalue weighted by atomic mass is 9.99. The predicted molar refractivity (Wildman–Crippen MR) is 250 cm³/mol. The van der Waals surface area contributed by atoms with Gasteiger partial charge >= 0.3 is 0 Å². The lowest BCUT2D eigenvalue weighted by Gasteiger charge is -2.11. The fraction of sp³-hybridized carbons (Fsp3) is 0. The van der Waals surface area contributed by atoms with Crippen LogP contribution in [0.25, 0.3) is 123 Å². The lowest BCUT2D eigenvalue weighted by Crippen LogP contribution is -1.95. The van der Waals surface area contributed by atoms with Crippen LogP contribution in [-0.2, 0) is 0 Å². The molecule has 12 aromatic rings. The minimum atomic E-state index is 0.616. The van der Waals surface area contributed by atoms with Gasteiger partial charge in [-0.25, -0.2) is 19.9 Å². The molecule has 0 unspecified atom stereocenters. The normalized spacial score (nSPS) is 11.5. The number of hydrogen-bond acceptors (Lipinski definition) is 6. The third-order valence-electron chi connectivity index (χ3n) is 11.5. The quantitative estimate of drug-likeness (QED) is 0.160. The zero-order valence-corrected chi connectivity index (χ0v) is 33.2. The van der Waals surface area contributed by atoms with Gasteiger partial charge in [0.15, 0.2) is 22.8 Å². The summed E-state index contributed by atoms with van der Waals surface area (Å²) >= 11 is 0. The molecule has 0 atom stereocenters. The molecule has 6 heteroatoms. The van der Waals surface area contributed by atoms with E-state index in [4.69, 9.17) is 28.8 Å². The van der Waals surface area contributed by atoms with E-state index in [-0.39, 0.29) is 0 Å². The van der Waals surface area contributed by atoms with Gasteiger partial charge in [-0.15, -0.1) is 0 Å². The first-order chi connectivity index (χ1) is 30.7. The number of aromatic nitrogens is 4. The van der Waals surface area contributed by atoms with Gasteiger partial charge in [-0.1, -0.05) is 158 Å². The second-order valence-corrected chi connectivity index (χ2v) is 15.4. The first-order valence-corrected chi connectivity index (χ1v) is 20.6. The van der Waals surface area contributed by atoms with Gasteiger partial charge < -0.3 is 8.83 Å². The molecule has 0 saturated carbocycles. The Morgan fingerprint density at radius 1 is 0.258 bits per heavy atom. The predicted octanol–water partition coefficient (Wildman–Crippen LogP) is 14.7. The highest BCUT2D eigenvalue weighted by molar-refractivity contribution is 6.08. The van der Waals surface area contributed by atoms with Gasteiger partial charge in [-0.3, -0.25) is 0 Å². The molecule has 0 aliphatic rings. The molecule has 12 rings (SSSR count). The van der Waals surface area contributed by atoms with Crippen LogP contribution in [0.5, 0.6) is 0 Å². The Hall–Kier alpha value is -8.48. The zero-order valence-electron chi connectivity index (χ0n) is 33.2. The Kier molecular flexibility index (Phi) is 8.38. The summed E-state index contributed by atoms with van der Waals surface area (Å²) in [7, 11) is 0. The molecular formula is C56H34N4O2. The van der Waals surface area contributed by atoms with E-state index in [1.807, 2.05) is 48.5 Å². The number of benzene rings is 8. The molecule has 8 aromatic carbocycles. The van der Waals surface area contributed by atoms with Crippen LogP contribution >= 0.6 is 0 Å². The van der Waals surface area contributed by atoms with Gasteiger partial charge in [0.2, 0.25) is 0 Å². The fourth-order valence-electron chi connectivity index (χ4n) is 8.46. The molecule has 62 heavy (non-hydrogen) atoms. The smallest absolute Gasteiger partial charge is 0.180 e. The van der Waals surface area contributed by atoms with Crippen LogP contribution in [0.4, 0.5) is 0 Å². The second kappa shape index (κ2) is 14.7. The van der Waals surface area contributed by atoms with E-state index in [1.54, 1.807) is 0 Å². The highest BCUT2D eigenvalue weighted by Gasteiger charge is 2.21. The number of fused-ring (bicyclic) bond motifs is 6. The van der Waals surface area contributed by atoms with Crippen LogP contribution in [0, 0.1) is 0 Å². The summed E-state index contributed by atoms with van der Waals surface area (Å²) in [5.41, 5.74) is 16.1. The summed E-state index contributed by atoms with van der Waals surface area (Å²) in [6.07, 6.45) is 0. The van der Waals surface area contributed by atoms with Gasteiger partial charge in [0, 0.05) is 33.0 Å². The largest absolute Gasteiger partial charge is 0.452 e. The Balaban J connectivity index is 0.975. The van der Waals surface area contributed by atoms with E-state index in [9.17, 15) is 0 Å². The van der Waals surface area contributed by atoms with Gasteiger partial charge in [0.25, 0.3) is 0 Å². The van der Waals surface area contributed by atoms with Crippen molar-refractivity contribution in [2.24, 2.45) is 0 Å². The minimum Gasteiger partial charge on any atom is -0.452 e. The van der Waals surface area contributed by atoms with E-state index in [2.05, 4.69) is 158 Å². The average molecular weight is 795 g/mol. The Bertz CT molecular complexity index is 3410. The Morgan fingerprint density at radius 3 is 1.02 bits per heavy atom. The van der Waals surface area contributed by atoms with Crippen molar-refractivity contribution >= 4 is 44.1 Å². The topological polar surface area (TPSA) is 77.8 Å². The molecule has 0 fully saturated rings. The molecule has 0 bridgehead atoms. The highest BCUT2D eigenvalue weighted by Crippen LogP contribution is 2.39. The number of para-hydroxylation sites is 2. The van der Waals surface area contributed by atoms with Crippen molar-refractivity contribution in [1.29, 1.82) is 0 Å². The van der Waals surface area contributed by atoms with Gasteiger partial charge in [0.05, 0.1) is 0 Å². The Labute approximate surface area is 356 Å². The van der Waals surface area contributed by atoms with Crippen LogP contribution in [0.15, 0.2) is 215 Å². The van der Waals surface area contributed by atoms with Crippen LogP contribution < -0.4 is 0 Å². The molecule has 6 nitrogen and oxygen atoms in total. The molecule has 0 saturated heterocycles. The molecule has 290 valence electrons. The molecule has 0 amide bonds. The number of furan rings is 2. The number of nitrogens with zero attached hydrogens (tertiary/aromatic N) is 4. The van der Waals surface area contributed by atoms with E-state index in [0.29, 0.717) is 22.8 Å². The third-order valence-corrected chi connectivity index (χ3v) is 11.5. The van der Waals surface area contributed by atoms with Gasteiger partial charge in [0.1, 0.15) is 33.6 Å². The van der Waals surface area contributed by atoms with Crippen LogP contribution in [0.3, 0.4) is 0 Å². The van der Waals surface area contributed by atoms with Crippen molar-refractivity contribution < 1.29 is 8.83 Å². The van der Waals surface area contributed by atoms with Crippen molar-refractivity contribution in [1.82, 2.24) is 19.9 Å². The van der Waals surface area contributed by atoms with Gasteiger partial charge in [-0.2, -0.15) is 0 Å². The summed E-state index contributed by atoms with van der Waals surface area (Å²) in [4.78, 5) is 20.9. The second-order valence-electron chi connectivity index (χ2n) is 15.4. The lowest BCUT2D eigenvalue weighted by molar-refractivity contribution is 0.667. The minimum absolute atomic E-state index is 0.616. The zero-order chi connectivity index (χ0) is 41.0. The monoisotopic (exact) mass is 794 g/mol.